The molecular weight excluding hydrogens is 347 g/mol. The van der Waals surface area contributed by atoms with Crippen LogP contribution in [0.15, 0.2) is 42.5 Å². The predicted octanol–water partition coefficient (Wildman–Crippen LogP) is 2.67. The summed E-state index contributed by atoms with van der Waals surface area (Å²) in [5.74, 6) is -0.160. The normalized spacial score (nSPS) is 14.2. The van der Waals surface area contributed by atoms with E-state index in [2.05, 4.69) is 0 Å². The number of aryl methyl sites for hydroxylation is 1. The molecule has 0 aromatic heterocycles. The van der Waals surface area contributed by atoms with Crippen LogP contribution in [0.1, 0.15) is 21.5 Å². The van der Waals surface area contributed by atoms with Crippen molar-refractivity contribution in [3.05, 3.63) is 65.0 Å². The molecule has 0 spiro atoms. The number of halogens is 1. The first-order valence-electron chi connectivity index (χ1n) is 8.94. The van der Waals surface area contributed by atoms with E-state index in [0.717, 1.165) is 11.1 Å². The molecule has 27 heavy (non-hydrogen) atoms. The lowest BCUT2D eigenvalue weighted by Gasteiger charge is -2.35. The van der Waals surface area contributed by atoms with Gasteiger partial charge >= 0.3 is 0 Å². The molecule has 1 heterocycles. The van der Waals surface area contributed by atoms with Crippen LogP contribution in [0.2, 0.25) is 0 Å². The molecule has 2 aromatic carbocycles. The molecule has 0 N–H and O–H groups in total. The third-order valence-corrected chi connectivity index (χ3v) is 4.80. The Balaban J connectivity index is 1.61. The van der Waals surface area contributed by atoms with Gasteiger partial charge in [0.15, 0.2) is 0 Å². The number of carbonyl (C=O) groups is 2. The first kappa shape index (κ1) is 18.9. The van der Waals surface area contributed by atoms with Gasteiger partial charge < -0.3 is 14.5 Å². The van der Waals surface area contributed by atoms with E-state index >= 15 is 0 Å². The van der Waals surface area contributed by atoms with Gasteiger partial charge in [-0.05, 0) is 25.1 Å². The fourth-order valence-electron chi connectivity index (χ4n) is 3.28. The maximum absolute atomic E-state index is 13.8. The van der Waals surface area contributed by atoms with Crippen molar-refractivity contribution in [2.45, 2.75) is 13.3 Å². The number of methoxy groups -OCH3 is 1. The van der Waals surface area contributed by atoms with Crippen LogP contribution in [0.25, 0.3) is 0 Å². The molecule has 1 aliphatic heterocycles. The molecule has 3 rings (SSSR count). The minimum absolute atomic E-state index is 0.00288. The Hall–Kier alpha value is -2.89. The summed E-state index contributed by atoms with van der Waals surface area (Å²) in [6.45, 7) is 3.63. The number of nitrogens with zero attached hydrogens (tertiary/aromatic N) is 2. The highest BCUT2D eigenvalue weighted by Gasteiger charge is 2.26. The third kappa shape index (κ3) is 4.27. The molecule has 142 valence electrons. The molecule has 0 radical (unpaired) electrons. The van der Waals surface area contributed by atoms with Gasteiger partial charge in [0.1, 0.15) is 11.6 Å². The van der Waals surface area contributed by atoms with Crippen LogP contribution in [0.3, 0.4) is 0 Å². The summed E-state index contributed by atoms with van der Waals surface area (Å²) in [6, 6.07) is 11.7. The molecule has 0 atom stereocenters. The second-order valence-electron chi connectivity index (χ2n) is 6.64. The van der Waals surface area contributed by atoms with Gasteiger partial charge in [-0.15, -0.1) is 0 Å². The van der Waals surface area contributed by atoms with Crippen molar-refractivity contribution in [2.75, 3.05) is 33.3 Å². The van der Waals surface area contributed by atoms with Gasteiger partial charge in [0.2, 0.25) is 5.91 Å². The monoisotopic (exact) mass is 370 g/mol. The molecule has 6 heteroatoms. The van der Waals surface area contributed by atoms with Crippen LogP contribution >= 0.6 is 0 Å². The van der Waals surface area contributed by atoms with E-state index in [1.165, 1.54) is 12.1 Å². The van der Waals surface area contributed by atoms with E-state index in [4.69, 9.17) is 4.74 Å². The van der Waals surface area contributed by atoms with E-state index in [-0.39, 0.29) is 23.8 Å². The minimum Gasteiger partial charge on any atom is -0.496 e. The topological polar surface area (TPSA) is 49.9 Å². The summed E-state index contributed by atoms with van der Waals surface area (Å²) >= 11 is 0. The lowest BCUT2D eigenvalue weighted by Crippen LogP contribution is -2.51. The van der Waals surface area contributed by atoms with Gasteiger partial charge in [-0.3, -0.25) is 9.59 Å². The smallest absolute Gasteiger partial charge is 0.256 e. The molecule has 1 fully saturated rings. The number of rotatable bonds is 4. The molecule has 5 nitrogen and oxygen atoms in total. The van der Waals surface area contributed by atoms with Gasteiger partial charge in [-0.25, -0.2) is 4.39 Å². The average Bonchev–Trinajstić information content (AvgIpc) is 2.68. The standard InChI is InChI=1S/C21H23FN2O3/c1-15-7-8-19(27-2)16(13-15)14-20(25)23-9-11-24(12-10-23)21(26)17-5-3-4-6-18(17)22/h3-8,13H,9-12,14H2,1-2H3. The van der Waals surface area contributed by atoms with E-state index in [0.29, 0.717) is 31.9 Å². The lowest BCUT2D eigenvalue weighted by molar-refractivity contribution is -0.131. The van der Waals surface area contributed by atoms with E-state index < -0.39 is 5.82 Å². The van der Waals surface area contributed by atoms with Crippen molar-refractivity contribution in [1.29, 1.82) is 0 Å². The molecule has 1 saturated heterocycles. The van der Waals surface area contributed by atoms with E-state index in [9.17, 15) is 14.0 Å². The predicted molar refractivity (Wildman–Crippen MR) is 100 cm³/mol. The number of hydrogen-bond donors (Lipinski definition) is 0. The summed E-state index contributed by atoms with van der Waals surface area (Å²) in [4.78, 5) is 28.5. The van der Waals surface area contributed by atoms with Gasteiger partial charge in [-0.1, -0.05) is 29.8 Å². The SMILES string of the molecule is COc1ccc(C)cc1CC(=O)N1CCN(C(=O)c2ccccc2F)CC1. The fourth-order valence-corrected chi connectivity index (χ4v) is 3.28. The van der Waals surface area contributed by atoms with Gasteiger partial charge in [0.25, 0.3) is 5.91 Å². The molecule has 0 bridgehead atoms. The van der Waals surface area contributed by atoms with Crippen LogP contribution < -0.4 is 4.74 Å². The maximum atomic E-state index is 13.8. The summed E-state index contributed by atoms with van der Waals surface area (Å²) < 4.78 is 19.2. The van der Waals surface area contributed by atoms with E-state index in [1.807, 2.05) is 25.1 Å². The molecule has 0 aliphatic carbocycles. The number of hydrogen-bond acceptors (Lipinski definition) is 3. The molecular formula is C21H23FN2O3. The van der Waals surface area contributed by atoms with Crippen molar-refractivity contribution in [3.8, 4) is 5.75 Å². The van der Waals surface area contributed by atoms with Crippen molar-refractivity contribution >= 4 is 11.8 Å². The number of carbonyl (C=O) groups excluding carboxylic acids is 2. The molecule has 0 unspecified atom stereocenters. The van der Waals surface area contributed by atoms with Crippen LogP contribution in [0.5, 0.6) is 5.75 Å². The van der Waals surface area contributed by atoms with Crippen molar-refractivity contribution in [3.63, 3.8) is 0 Å². The zero-order chi connectivity index (χ0) is 19.4. The van der Waals surface area contributed by atoms with Crippen LogP contribution in [-0.2, 0) is 11.2 Å². The zero-order valence-electron chi connectivity index (χ0n) is 15.6. The Morgan fingerprint density at radius 2 is 1.70 bits per heavy atom. The molecule has 1 aliphatic rings. The number of piperazine rings is 1. The Labute approximate surface area is 158 Å². The lowest BCUT2D eigenvalue weighted by atomic mass is 10.1. The largest absolute Gasteiger partial charge is 0.496 e. The highest BCUT2D eigenvalue weighted by Crippen LogP contribution is 2.21. The quantitative estimate of drug-likeness (QED) is 0.831. The highest BCUT2D eigenvalue weighted by atomic mass is 19.1. The summed E-state index contributed by atoms with van der Waals surface area (Å²) in [5.41, 5.74) is 1.99. The molecule has 2 amide bonds. The highest BCUT2D eigenvalue weighted by molar-refractivity contribution is 5.94. The third-order valence-electron chi connectivity index (χ3n) is 4.80. The first-order valence-corrected chi connectivity index (χ1v) is 8.94. The second-order valence-corrected chi connectivity index (χ2v) is 6.64. The summed E-state index contributed by atoms with van der Waals surface area (Å²) in [7, 11) is 1.59. The maximum Gasteiger partial charge on any atom is 0.256 e. The van der Waals surface area contributed by atoms with Crippen molar-refractivity contribution in [2.24, 2.45) is 0 Å². The number of ether oxygens (including phenoxy) is 1. The van der Waals surface area contributed by atoms with Gasteiger partial charge in [-0.2, -0.15) is 0 Å². The fraction of sp³-hybridized carbons (Fsp3) is 0.333. The van der Waals surface area contributed by atoms with E-state index in [1.54, 1.807) is 29.0 Å². The Morgan fingerprint density at radius 1 is 1.04 bits per heavy atom. The number of benzene rings is 2. The summed E-state index contributed by atoms with van der Waals surface area (Å²) in [6.07, 6.45) is 0.256. The van der Waals surface area contributed by atoms with Crippen molar-refractivity contribution < 1.29 is 18.7 Å². The Bertz CT molecular complexity index is 845. The van der Waals surface area contributed by atoms with Crippen LogP contribution in [0, 0.1) is 12.7 Å². The summed E-state index contributed by atoms with van der Waals surface area (Å²) in [5, 5.41) is 0. The average molecular weight is 370 g/mol. The van der Waals surface area contributed by atoms with Crippen molar-refractivity contribution in [1.82, 2.24) is 9.80 Å². The first-order chi connectivity index (χ1) is 13.0. The second kappa shape index (κ2) is 8.20. The number of amides is 2. The minimum atomic E-state index is -0.521. The van der Waals surface area contributed by atoms with Gasteiger partial charge in [0.05, 0.1) is 19.1 Å². The Kier molecular flexibility index (Phi) is 5.74. The van der Waals surface area contributed by atoms with Crippen LogP contribution in [-0.4, -0.2) is 54.9 Å². The molecule has 0 saturated carbocycles. The zero-order valence-corrected chi connectivity index (χ0v) is 15.6. The molecule has 2 aromatic rings. The Morgan fingerprint density at radius 3 is 2.37 bits per heavy atom. The van der Waals surface area contributed by atoms with Gasteiger partial charge in [0, 0.05) is 31.7 Å². The van der Waals surface area contributed by atoms with Crippen LogP contribution in [0.4, 0.5) is 4.39 Å².